The van der Waals surface area contributed by atoms with Crippen molar-refractivity contribution in [2.75, 3.05) is 11.5 Å². The van der Waals surface area contributed by atoms with Gasteiger partial charge < -0.3 is 9.84 Å². The summed E-state index contributed by atoms with van der Waals surface area (Å²) in [5.74, 6) is -0.653. The Morgan fingerprint density at radius 2 is 1.63 bits per heavy atom. The standard InChI is InChI=1S/C32H34ClNO4/c1-19(2)18-38-25-15-10-22(11-16-25)29(35)27-28(21-8-12-23(13-9-21)32(4,5)6)34(31(37)30(27)36)24-14-7-20(3)26(33)17-24/h7-17,19,28,35H,18H2,1-6H3/b29-27+. The van der Waals surface area contributed by atoms with Crippen LogP contribution in [0.4, 0.5) is 5.69 Å². The largest absolute Gasteiger partial charge is 0.507 e. The Morgan fingerprint density at radius 3 is 2.18 bits per heavy atom. The molecular formula is C32H34ClNO4. The van der Waals surface area contributed by atoms with Crippen LogP contribution in [0.5, 0.6) is 5.75 Å². The minimum atomic E-state index is -0.820. The van der Waals surface area contributed by atoms with Gasteiger partial charge in [-0.1, -0.05) is 76.6 Å². The summed E-state index contributed by atoms with van der Waals surface area (Å²) >= 11 is 6.40. The van der Waals surface area contributed by atoms with Crippen LogP contribution in [0.3, 0.4) is 0 Å². The SMILES string of the molecule is Cc1ccc(N2C(=O)C(=O)/C(=C(/O)c3ccc(OCC(C)C)cc3)C2c2ccc(C(C)(C)C)cc2)cc1Cl. The lowest BCUT2D eigenvalue weighted by molar-refractivity contribution is -0.132. The summed E-state index contributed by atoms with van der Waals surface area (Å²) in [5, 5.41) is 11.9. The summed E-state index contributed by atoms with van der Waals surface area (Å²) in [7, 11) is 0. The molecule has 1 amide bonds. The van der Waals surface area contributed by atoms with Crippen LogP contribution in [0.1, 0.15) is 62.9 Å². The van der Waals surface area contributed by atoms with E-state index in [1.54, 1.807) is 36.4 Å². The number of carbonyl (C=O) groups is 2. The molecule has 1 unspecified atom stereocenters. The summed E-state index contributed by atoms with van der Waals surface area (Å²) in [6.07, 6.45) is 0. The van der Waals surface area contributed by atoms with Gasteiger partial charge in [-0.3, -0.25) is 14.5 Å². The molecule has 1 N–H and O–H groups in total. The van der Waals surface area contributed by atoms with E-state index in [1.807, 2.05) is 37.3 Å². The Morgan fingerprint density at radius 1 is 1.00 bits per heavy atom. The number of aryl methyl sites for hydroxylation is 1. The van der Waals surface area contributed by atoms with Gasteiger partial charge in [-0.05, 0) is 71.3 Å². The van der Waals surface area contributed by atoms with Gasteiger partial charge in [0, 0.05) is 16.3 Å². The van der Waals surface area contributed by atoms with E-state index in [9.17, 15) is 14.7 Å². The lowest BCUT2D eigenvalue weighted by Gasteiger charge is -2.27. The van der Waals surface area contributed by atoms with E-state index in [0.717, 1.165) is 11.1 Å². The van der Waals surface area contributed by atoms with Gasteiger partial charge in [0.2, 0.25) is 0 Å². The third kappa shape index (κ3) is 5.48. The molecular weight excluding hydrogens is 498 g/mol. The van der Waals surface area contributed by atoms with Crippen molar-refractivity contribution in [3.8, 4) is 5.75 Å². The molecule has 198 valence electrons. The first-order valence-electron chi connectivity index (χ1n) is 12.8. The number of ether oxygens (including phenoxy) is 1. The molecule has 3 aromatic rings. The Balaban J connectivity index is 1.84. The van der Waals surface area contributed by atoms with Gasteiger partial charge in [0.05, 0.1) is 18.2 Å². The van der Waals surface area contributed by atoms with Crippen molar-refractivity contribution in [3.63, 3.8) is 0 Å². The zero-order valence-electron chi connectivity index (χ0n) is 22.7. The van der Waals surface area contributed by atoms with Crippen molar-refractivity contribution >= 4 is 34.7 Å². The number of anilines is 1. The zero-order chi connectivity index (χ0) is 27.8. The van der Waals surface area contributed by atoms with Crippen LogP contribution in [0.2, 0.25) is 5.02 Å². The number of ketones is 1. The molecule has 5 nitrogen and oxygen atoms in total. The number of aliphatic hydroxyl groups is 1. The van der Waals surface area contributed by atoms with Crippen LogP contribution in [0.15, 0.2) is 72.3 Å². The molecule has 1 fully saturated rings. The molecule has 6 heteroatoms. The van der Waals surface area contributed by atoms with Crippen molar-refractivity contribution in [1.82, 2.24) is 0 Å². The third-order valence-electron chi connectivity index (χ3n) is 6.68. The normalized spacial score (nSPS) is 17.4. The Hall–Kier alpha value is -3.57. The van der Waals surface area contributed by atoms with E-state index in [0.29, 0.717) is 40.1 Å². The molecule has 0 saturated carbocycles. The maximum absolute atomic E-state index is 13.4. The predicted octanol–water partition coefficient (Wildman–Crippen LogP) is 7.61. The second-order valence-electron chi connectivity index (χ2n) is 11.2. The molecule has 0 aliphatic carbocycles. The first-order chi connectivity index (χ1) is 17.9. The molecule has 1 aliphatic rings. The van der Waals surface area contributed by atoms with Gasteiger partial charge in [-0.2, -0.15) is 0 Å². The monoisotopic (exact) mass is 531 g/mol. The fraction of sp³-hybridized carbons (Fsp3) is 0.312. The fourth-order valence-corrected chi connectivity index (χ4v) is 4.61. The van der Waals surface area contributed by atoms with Gasteiger partial charge in [0.25, 0.3) is 11.7 Å². The highest BCUT2D eigenvalue weighted by Gasteiger charge is 2.47. The minimum absolute atomic E-state index is 0.0334. The van der Waals surface area contributed by atoms with E-state index in [2.05, 4.69) is 34.6 Å². The quantitative estimate of drug-likeness (QED) is 0.202. The van der Waals surface area contributed by atoms with E-state index in [4.69, 9.17) is 16.3 Å². The molecule has 1 aliphatic heterocycles. The molecule has 1 atom stereocenters. The highest BCUT2D eigenvalue weighted by atomic mass is 35.5. The number of hydrogen-bond acceptors (Lipinski definition) is 4. The molecule has 1 heterocycles. The molecule has 0 bridgehead atoms. The van der Waals surface area contributed by atoms with Crippen molar-refractivity contribution < 1.29 is 19.4 Å². The number of aliphatic hydroxyl groups excluding tert-OH is 1. The highest BCUT2D eigenvalue weighted by Crippen LogP contribution is 2.43. The predicted molar refractivity (Wildman–Crippen MR) is 153 cm³/mol. The first-order valence-corrected chi connectivity index (χ1v) is 13.2. The number of rotatable bonds is 6. The van der Waals surface area contributed by atoms with Crippen molar-refractivity contribution in [2.24, 2.45) is 5.92 Å². The van der Waals surface area contributed by atoms with Crippen molar-refractivity contribution in [3.05, 3.63) is 99.6 Å². The lowest BCUT2D eigenvalue weighted by atomic mass is 9.85. The van der Waals surface area contributed by atoms with Gasteiger partial charge in [-0.25, -0.2) is 0 Å². The summed E-state index contributed by atoms with van der Waals surface area (Å²) in [6.45, 7) is 12.9. The number of nitrogens with zero attached hydrogens (tertiary/aromatic N) is 1. The Bertz CT molecular complexity index is 1380. The Kier molecular flexibility index (Phi) is 7.70. The smallest absolute Gasteiger partial charge is 0.300 e. The average molecular weight is 532 g/mol. The van der Waals surface area contributed by atoms with Crippen molar-refractivity contribution in [1.29, 1.82) is 0 Å². The van der Waals surface area contributed by atoms with Gasteiger partial charge in [-0.15, -0.1) is 0 Å². The highest BCUT2D eigenvalue weighted by molar-refractivity contribution is 6.51. The summed E-state index contributed by atoms with van der Waals surface area (Å²) in [6, 6.07) is 19.2. The maximum atomic E-state index is 13.4. The lowest BCUT2D eigenvalue weighted by Crippen LogP contribution is -2.29. The number of carbonyl (C=O) groups excluding carboxylic acids is 2. The van der Waals surface area contributed by atoms with Gasteiger partial charge in [0.1, 0.15) is 11.5 Å². The van der Waals surface area contributed by atoms with Crippen LogP contribution in [0.25, 0.3) is 5.76 Å². The summed E-state index contributed by atoms with van der Waals surface area (Å²) < 4.78 is 5.75. The van der Waals surface area contributed by atoms with Crippen molar-refractivity contribution in [2.45, 2.75) is 53.0 Å². The molecule has 38 heavy (non-hydrogen) atoms. The first kappa shape index (κ1) is 27.5. The third-order valence-corrected chi connectivity index (χ3v) is 7.09. The molecule has 0 spiro atoms. The van der Waals surface area contributed by atoms with Crippen LogP contribution < -0.4 is 9.64 Å². The second kappa shape index (κ2) is 10.7. The molecule has 3 aromatic carbocycles. The second-order valence-corrected chi connectivity index (χ2v) is 11.6. The number of hydrogen-bond donors (Lipinski definition) is 1. The van der Waals surface area contributed by atoms with E-state index in [1.165, 1.54) is 4.90 Å². The van der Waals surface area contributed by atoms with E-state index < -0.39 is 17.7 Å². The number of benzene rings is 3. The van der Waals surface area contributed by atoms with Gasteiger partial charge in [0.15, 0.2) is 0 Å². The summed E-state index contributed by atoms with van der Waals surface area (Å²) in [5.41, 5.74) is 3.58. The fourth-order valence-electron chi connectivity index (χ4n) is 4.44. The number of Topliss-reactive ketones (excluding diaryl/α,β-unsaturated/α-hetero) is 1. The van der Waals surface area contributed by atoms with Gasteiger partial charge >= 0.3 is 0 Å². The van der Waals surface area contributed by atoms with E-state index in [-0.39, 0.29) is 16.7 Å². The number of halogens is 1. The van der Waals surface area contributed by atoms with Crippen LogP contribution in [0, 0.1) is 12.8 Å². The summed E-state index contributed by atoms with van der Waals surface area (Å²) in [4.78, 5) is 28.3. The molecule has 0 aromatic heterocycles. The molecule has 1 saturated heterocycles. The van der Waals surface area contributed by atoms with Crippen LogP contribution in [-0.2, 0) is 15.0 Å². The van der Waals surface area contributed by atoms with Crippen LogP contribution >= 0.6 is 11.6 Å². The number of amides is 1. The Labute approximate surface area is 229 Å². The molecule has 0 radical (unpaired) electrons. The molecule has 4 rings (SSSR count). The minimum Gasteiger partial charge on any atom is -0.507 e. The zero-order valence-corrected chi connectivity index (χ0v) is 23.5. The average Bonchev–Trinajstić information content (AvgIpc) is 3.14. The van der Waals surface area contributed by atoms with Crippen LogP contribution in [-0.4, -0.2) is 23.4 Å². The maximum Gasteiger partial charge on any atom is 0.300 e. The van der Waals surface area contributed by atoms with E-state index >= 15 is 0 Å². The topological polar surface area (TPSA) is 66.8 Å².